The van der Waals surface area contributed by atoms with E-state index < -0.39 is 0 Å². The van der Waals surface area contributed by atoms with E-state index in [1.165, 1.54) is 6.42 Å². The highest BCUT2D eigenvalue weighted by molar-refractivity contribution is 5.09. The van der Waals surface area contributed by atoms with Gasteiger partial charge in [-0.25, -0.2) is 4.98 Å². The molecule has 2 rings (SSSR count). The monoisotopic (exact) mass is 196 g/mol. The van der Waals surface area contributed by atoms with Crippen LogP contribution in [0.3, 0.4) is 0 Å². The molecule has 1 aliphatic rings. The molecule has 0 atom stereocenters. The van der Waals surface area contributed by atoms with E-state index >= 15 is 0 Å². The zero-order valence-electron chi connectivity index (χ0n) is 8.44. The predicted molar refractivity (Wildman–Crippen MR) is 52.6 cm³/mol. The van der Waals surface area contributed by atoms with Gasteiger partial charge in [0, 0.05) is 13.7 Å². The molecule has 1 heterocycles. The van der Waals surface area contributed by atoms with Gasteiger partial charge in [-0.1, -0.05) is 0 Å². The smallest absolute Gasteiger partial charge is 0.239 e. The molecule has 5 heteroatoms. The molecule has 0 aromatic carbocycles. The normalized spacial score (nSPS) is 19.2. The molecule has 0 aliphatic heterocycles. The predicted octanol–water partition coefficient (Wildman–Crippen LogP) is 0.819. The SMILES string of the molecule is COC1(CCn2cnc(N)n2)CCC1. The van der Waals surface area contributed by atoms with Crippen LogP contribution in [0.25, 0.3) is 0 Å². The molecule has 5 nitrogen and oxygen atoms in total. The minimum atomic E-state index is 0.0979. The summed E-state index contributed by atoms with van der Waals surface area (Å²) in [6.07, 6.45) is 6.25. The van der Waals surface area contributed by atoms with Crippen LogP contribution in [0.5, 0.6) is 0 Å². The summed E-state index contributed by atoms with van der Waals surface area (Å²) >= 11 is 0. The molecule has 1 aromatic rings. The van der Waals surface area contributed by atoms with E-state index in [0.717, 1.165) is 25.8 Å². The van der Waals surface area contributed by atoms with Crippen molar-refractivity contribution >= 4 is 5.95 Å². The molecule has 0 bridgehead atoms. The third kappa shape index (κ3) is 1.72. The van der Waals surface area contributed by atoms with Gasteiger partial charge in [-0.05, 0) is 25.7 Å². The zero-order valence-corrected chi connectivity index (χ0v) is 8.44. The first-order chi connectivity index (χ1) is 6.74. The van der Waals surface area contributed by atoms with E-state index in [2.05, 4.69) is 10.1 Å². The molecule has 0 saturated heterocycles. The van der Waals surface area contributed by atoms with E-state index in [1.807, 2.05) is 0 Å². The zero-order chi connectivity index (χ0) is 10.0. The lowest BCUT2D eigenvalue weighted by atomic mass is 9.77. The average molecular weight is 196 g/mol. The van der Waals surface area contributed by atoms with E-state index in [4.69, 9.17) is 10.5 Å². The number of rotatable bonds is 4. The highest BCUT2D eigenvalue weighted by atomic mass is 16.5. The highest BCUT2D eigenvalue weighted by Crippen LogP contribution is 2.38. The van der Waals surface area contributed by atoms with Crippen LogP contribution in [0.4, 0.5) is 5.95 Å². The number of nitrogen functional groups attached to an aromatic ring is 1. The highest BCUT2D eigenvalue weighted by Gasteiger charge is 2.36. The number of hydrogen-bond donors (Lipinski definition) is 1. The Bertz CT molecular complexity index is 300. The number of aryl methyl sites for hydroxylation is 1. The Morgan fingerprint density at radius 1 is 1.64 bits per heavy atom. The first kappa shape index (κ1) is 9.45. The molecule has 2 N–H and O–H groups in total. The van der Waals surface area contributed by atoms with Crippen LogP contribution in [-0.2, 0) is 11.3 Å². The molecule has 1 saturated carbocycles. The van der Waals surface area contributed by atoms with Crippen molar-refractivity contribution in [1.82, 2.24) is 14.8 Å². The molecule has 78 valence electrons. The number of aromatic nitrogens is 3. The Morgan fingerprint density at radius 3 is 2.86 bits per heavy atom. The van der Waals surface area contributed by atoms with Gasteiger partial charge in [-0.3, -0.25) is 4.68 Å². The molecule has 1 aromatic heterocycles. The summed E-state index contributed by atoms with van der Waals surface area (Å²) in [4.78, 5) is 3.88. The fraction of sp³-hybridized carbons (Fsp3) is 0.778. The number of nitrogens with zero attached hydrogens (tertiary/aromatic N) is 3. The van der Waals surface area contributed by atoms with Gasteiger partial charge in [-0.2, -0.15) is 0 Å². The Morgan fingerprint density at radius 2 is 2.43 bits per heavy atom. The fourth-order valence-electron chi connectivity index (χ4n) is 1.86. The van der Waals surface area contributed by atoms with Crippen LogP contribution in [0.15, 0.2) is 6.33 Å². The lowest BCUT2D eigenvalue weighted by molar-refractivity contribution is -0.0804. The third-order valence-corrected chi connectivity index (χ3v) is 3.05. The van der Waals surface area contributed by atoms with Gasteiger partial charge in [0.15, 0.2) is 0 Å². The van der Waals surface area contributed by atoms with Gasteiger partial charge in [0.05, 0.1) is 5.60 Å². The van der Waals surface area contributed by atoms with Crippen molar-refractivity contribution in [3.63, 3.8) is 0 Å². The second kappa shape index (κ2) is 3.57. The molecule has 0 spiro atoms. The van der Waals surface area contributed by atoms with Gasteiger partial charge in [0.2, 0.25) is 5.95 Å². The Hall–Kier alpha value is -1.10. The van der Waals surface area contributed by atoms with Crippen LogP contribution in [0, 0.1) is 0 Å². The first-order valence-electron chi connectivity index (χ1n) is 4.94. The van der Waals surface area contributed by atoms with Crippen LogP contribution < -0.4 is 5.73 Å². The van der Waals surface area contributed by atoms with Crippen molar-refractivity contribution in [3.05, 3.63) is 6.33 Å². The van der Waals surface area contributed by atoms with Crippen molar-refractivity contribution in [2.45, 2.75) is 37.8 Å². The second-order valence-corrected chi connectivity index (χ2v) is 3.86. The van der Waals surface area contributed by atoms with Crippen molar-refractivity contribution in [1.29, 1.82) is 0 Å². The Labute approximate surface area is 83.3 Å². The van der Waals surface area contributed by atoms with Crippen LogP contribution >= 0.6 is 0 Å². The summed E-state index contributed by atoms with van der Waals surface area (Å²) in [7, 11) is 1.79. The van der Waals surface area contributed by atoms with E-state index in [9.17, 15) is 0 Å². The minimum absolute atomic E-state index is 0.0979. The first-order valence-corrected chi connectivity index (χ1v) is 4.94. The lowest BCUT2D eigenvalue weighted by Crippen LogP contribution is -2.40. The molecular weight excluding hydrogens is 180 g/mol. The summed E-state index contributed by atoms with van der Waals surface area (Å²) in [5.41, 5.74) is 5.52. The van der Waals surface area contributed by atoms with E-state index in [1.54, 1.807) is 18.1 Å². The van der Waals surface area contributed by atoms with Crippen molar-refractivity contribution in [2.24, 2.45) is 0 Å². The second-order valence-electron chi connectivity index (χ2n) is 3.86. The number of anilines is 1. The van der Waals surface area contributed by atoms with Gasteiger partial charge < -0.3 is 10.5 Å². The maximum atomic E-state index is 5.51. The van der Waals surface area contributed by atoms with Crippen molar-refractivity contribution < 1.29 is 4.74 Å². The maximum Gasteiger partial charge on any atom is 0.239 e. The molecule has 1 fully saturated rings. The lowest BCUT2D eigenvalue weighted by Gasteiger charge is -2.40. The van der Waals surface area contributed by atoms with Crippen LogP contribution in [0.2, 0.25) is 0 Å². The van der Waals surface area contributed by atoms with Gasteiger partial charge in [-0.15, -0.1) is 5.10 Å². The molecular formula is C9H16N4O. The summed E-state index contributed by atoms with van der Waals surface area (Å²) < 4.78 is 7.28. The Balaban J connectivity index is 1.87. The molecule has 14 heavy (non-hydrogen) atoms. The third-order valence-electron chi connectivity index (χ3n) is 3.05. The molecule has 0 radical (unpaired) electrons. The summed E-state index contributed by atoms with van der Waals surface area (Å²) in [6.45, 7) is 0.831. The standard InChI is InChI=1S/C9H16N4O/c1-14-9(3-2-4-9)5-6-13-7-11-8(10)12-13/h7H,2-6H2,1H3,(H2,10,12). The van der Waals surface area contributed by atoms with Crippen molar-refractivity contribution in [2.75, 3.05) is 12.8 Å². The summed E-state index contributed by atoms with van der Waals surface area (Å²) in [5, 5.41) is 4.03. The van der Waals surface area contributed by atoms with Crippen LogP contribution in [0.1, 0.15) is 25.7 Å². The largest absolute Gasteiger partial charge is 0.378 e. The average Bonchev–Trinajstić information content (AvgIpc) is 2.50. The van der Waals surface area contributed by atoms with E-state index in [-0.39, 0.29) is 5.60 Å². The topological polar surface area (TPSA) is 66.0 Å². The number of hydrogen-bond acceptors (Lipinski definition) is 4. The molecule has 0 unspecified atom stereocenters. The molecule has 0 amide bonds. The Kier molecular flexibility index (Phi) is 2.41. The van der Waals surface area contributed by atoms with Crippen molar-refractivity contribution in [3.8, 4) is 0 Å². The number of nitrogens with two attached hydrogens (primary N) is 1. The quantitative estimate of drug-likeness (QED) is 0.774. The molecule has 1 aliphatic carbocycles. The maximum absolute atomic E-state index is 5.51. The fourth-order valence-corrected chi connectivity index (χ4v) is 1.86. The number of ether oxygens (including phenoxy) is 1. The summed E-state index contributed by atoms with van der Waals surface area (Å²) in [5.74, 6) is 0.338. The van der Waals surface area contributed by atoms with Crippen LogP contribution in [-0.4, -0.2) is 27.5 Å². The van der Waals surface area contributed by atoms with Gasteiger partial charge in [0.25, 0.3) is 0 Å². The minimum Gasteiger partial charge on any atom is -0.378 e. The van der Waals surface area contributed by atoms with Gasteiger partial charge >= 0.3 is 0 Å². The van der Waals surface area contributed by atoms with E-state index in [0.29, 0.717) is 5.95 Å². The van der Waals surface area contributed by atoms with Gasteiger partial charge in [0.1, 0.15) is 6.33 Å². The number of methoxy groups -OCH3 is 1. The summed E-state index contributed by atoms with van der Waals surface area (Å²) in [6, 6.07) is 0.